The van der Waals surface area contributed by atoms with Crippen molar-refractivity contribution in [3.8, 4) is 0 Å². The summed E-state index contributed by atoms with van der Waals surface area (Å²) in [6, 6.07) is 8.29. The first-order valence-corrected chi connectivity index (χ1v) is 6.69. The third-order valence-corrected chi connectivity index (χ3v) is 3.87. The molecule has 1 saturated heterocycles. The summed E-state index contributed by atoms with van der Waals surface area (Å²) >= 11 is 5.96. The highest BCUT2D eigenvalue weighted by molar-refractivity contribution is 6.30. The van der Waals surface area contributed by atoms with Gasteiger partial charge in [0.2, 0.25) is 0 Å². The van der Waals surface area contributed by atoms with Crippen molar-refractivity contribution in [1.29, 1.82) is 0 Å². The average molecular weight is 254 g/mol. The number of nitrogens with one attached hydrogen (secondary N) is 1. The van der Waals surface area contributed by atoms with E-state index in [1.165, 1.54) is 5.56 Å². The maximum atomic E-state index is 5.96. The second-order valence-electron chi connectivity index (χ2n) is 4.68. The number of likely N-dealkylation sites (N-methyl/N-ethyl adjacent to an activating group) is 1. The fourth-order valence-corrected chi connectivity index (χ4v) is 2.62. The summed E-state index contributed by atoms with van der Waals surface area (Å²) in [7, 11) is 0. The van der Waals surface area contributed by atoms with Gasteiger partial charge in [0.05, 0.1) is 0 Å². The summed E-state index contributed by atoms with van der Waals surface area (Å²) in [6.07, 6.45) is 2.17. The van der Waals surface area contributed by atoms with Gasteiger partial charge in [-0.05, 0) is 37.1 Å². The molecule has 0 aromatic heterocycles. The van der Waals surface area contributed by atoms with Crippen LogP contribution in [0.5, 0.6) is 0 Å². The van der Waals surface area contributed by atoms with Crippen LogP contribution in [-0.4, -0.2) is 26.3 Å². The van der Waals surface area contributed by atoms with E-state index in [1.807, 2.05) is 12.1 Å². The van der Waals surface area contributed by atoms with E-state index in [0.29, 0.717) is 0 Å². The molecule has 1 aliphatic rings. The molecule has 1 heterocycles. The zero-order valence-corrected chi connectivity index (χ0v) is 11.1. The molecule has 0 aliphatic carbocycles. The molecule has 1 fully saturated rings. The Balaban J connectivity index is 2.21. The van der Waals surface area contributed by atoms with Gasteiger partial charge in [-0.25, -0.2) is 0 Å². The van der Waals surface area contributed by atoms with Gasteiger partial charge in [-0.3, -0.25) is 0 Å². The van der Waals surface area contributed by atoms with Crippen LogP contribution < -0.4 is 5.32 Å². The van der Waals surface area contributed by atoms with Gasteiger partial charge in [0, 0.05) is 30.2 Å². The minimum Gasteiger partial charge on any atom is -0.381 e. The molecule has 1 aromatic carbocycles. The molecule has 0 atom stereocenters. The molecule has 17 heavy (non-hydrogen) atoms. The summed E-state index contributed by atoms with van der Waals surface area (Å²) < 4.78 is 5.50. The van der Waals surface area contributed by atoms with Crippen molar-refractivity contribution >= 4 is 11.6 Å². The van der Waals surface area contributed by atoms with Crippen LogP contribution in [0.1, 0.15) is 25.3 Å². The Hall–Kier alpha value is -0.570. The molecule has 0 radical (unpaired) electrons. The van der Waals surface area contributed by atoms with E-state index >= 15 is 0 Å². The molecule has 2 rings (SSSR count). The molecular weight excluding hydrogens is 234 g/mol. The summed E-state index contributed by atoms with van der Waals surface area (Å²) in [4.78, 5) is 0. The average Bonchev–Trinajstić information content (AvgIpc) is 2.38. The van der Waals surface area contributed by atoms with E-state index in [9.17, 15) is 0 Å². The van der Waals surface area contributed by atoms with Crippen LogP contribution in [0.4, 0.5) is 0 Å². The zero-order chi connectivity index (χ0) is 12.1. The van der Waals surface area contributed by atoms with Crippen molar-refractivity contribution in [2.45, 2.75) is 25.2 Å². The summed E-state index contributed by atoms with van der Waals surface area (Å²) in [5.74, 6) is 0. The molecule has 1 aromatic rings. The lowest BCUT2D eigenvalue weighted by Crippen LogP contribution is -2.42. The lowest BCUT2D eigenvalue weighted by atomic mass is 9.74. The zero-order valence-electron chi connectivity index (χ0n) is 10.3. The van der Waals surface area contributed by atoms with Crippen LogP contribution >= 0.6 is 11.6 Å². The van der Waals surface area contributed by atoms with E-state index in [4.69, 9.17) is 16.3 Å². The highest BCUT2D eigenvalue weighted by Gasteiger charge is 2.33. The number of benzene rings is 1. The van der Waals surface area contributed by atoms with Crippen LogP contribution in [0.15, 0.2) is 24.3 Å². The van der Waals surface area contributed by atoms with Gasteiger partial charge in [0.25, 0.3) is 0 Å². The Morgan fingerprint density at radius 3 is 2.47 bits per heavy atom. The monoisotopic (exact) mass is 253 g/mol. The largest absolute Gasteiger partial charge is 0.381 e. The highest BCUT2D eigenvalue weighted by atomic mass is 35.5. The van der Waals surface area contributed by atoms with Gasteiger partial charge >= 0.3 is 0 Å². The van der Waals surface area contributed by atoms with Crippen molar-refractivity contribution in [3.05, 3.63) is 34.9 Å². The Labute approximate surface area is 108 Å². The number of ether oxygens (including phenoxy) is 1. The quantitative estimate of drug-likeness (QED) is 0.891. The number of hydrogen-bond donors (Lipinski definition) is 1. The fraction of sp³-hybridized carbons (Fsp3) is 0.571. The maximum absolute atomic E-state index is 5.96. The minimum atomic E-state index is 0.221. The van der Waals surface area contributed by atoms with Crippen LogP contribution in [0.2, 0.25) is 5.02 Å². The SMILES string of the molecule is CCNCC1(c2ccc(Cl)cc2)CCOCC1. The molecule has 0 unspecified atom stereocenters. The fourth-order valence-electron chi connectivity index (χ4n) is 2.50. The molecule has 3 heteroatoms. The number of halogens is 1. The molecule has 94 valence electrons. The van der Waals surface area contributed by atoms with Gasteiger partial charge in [0.1, 0.15) is 0 Å². The Morgan fingerprint density at radius 1 is 1.24 bits per heavy atom. The predicted molar refractivity (Wildman–Crippen MR) is 71.7 cm³/mol. The molecular formula is C14H20ClNO. The summed E-state index contributed by atoms with van der Waals surface area (Å²) in [5, 5.41) is 4.29. The summed E-state index contributed by atoms with van der Waals surface area (Å²) in [5.41, 5.74) is 1.60. The molecule has 2 nitrogen and oxygen atoms in total. The van der Waals surface area contributed by atoms with Crippen molar-refractivity contribution in [3.63, 3.8) is 0 Å². The van der Waals surface area contributed by atoms with Gasteiger partial charge in [-0.2, -0.15) is 0 Å². The van der Waals surface area contributed by atoms with Crippen molar-refractivity contribution in [1.82, 2.24) is 5.32 Å². The first-order chi connectivity index (χ1) is 8.27. The van der Waals surface area contributed by atoms with Crippen molar-refractivity contribution < 1.29 is 4.74 Å². The van der Waals surface area contributed by atoms with E-state index < -0.39 is 0 Å². The topological polar surface area (TPSA) is 21.3 Å². The molecule has 0 spiro atoms. The van der Waals surface area contributed by atoms with E-state index in [1.54, 1.807) is 0 Å². The van der Waals surface area contributed by atoms with Crippen LogP contribution in [0, 0.1) is 0 Å². The summed E-state index contributed by atoms with van der Waals surface area (Å²) in [6.45, 7) is 5.89. The second-order valence-corrected chi connectivity index (χ2v) is 5.12. The van der Waals surface area contributed by atoms with Crippen LogP contribution in [0.25, 0.3) is 0 Å². The minimum absolute atomic E-state index is 0.221. The molecule has 1 aliphatic heterocycles. The van der Waals surface area contributed by atoms with Crippen molar-refractivity contribution in [2.24, 2.45) is 0 Å². The van der Waals surface area contributed by atoms with E-state index in [-0.39, 0.29) is 5.41 Å². The Morgan fingerprint density at radius 2 is 1.88 bits per heavy atom. The van der Waals surface area contributed by atoms with Crippen LogP contribution in [-0.2, 0) is 10.2 Å². The molecule has 0 bridgehead atoms. The standard InChI is InChI=1S/C14H20ClNO/c1-2-16-11-14(7-9-17-10-8-14)12-3-5-13(15)6-4-12/h3-6,16H,2,7-11H2,1H3. The Kier molecular flexibility index (Phi) is 4.43. The molecule has 1 N–H and O–H groups in total. The highest BCUT2D eigenvalue weighted by Crippen LogP contribution is 2.34. The van der Waals surface area contributed by atoms with E-state index in [2.05, 4.69) is 24.4 Å². The van der Waals surface area contributed by atoms with Crippen molar-refractivity contribution in [2.75, 3.05) is 26.3 Å². The lowest BCUT2D eigenvalue weighted by Gasteiger charge is -2.38. The first-order valence-electron chi connectivity index (χ1n) is 6.31. The van der Waals surface area contributed by atoms with Gasteiger partial charge in [-0.15, -0.1) is 0 Å². The van der Waals surface area contributed by atoms with Crippen LogP contribution in [0.3, 0.4) is 0 Å². The predicted octanol–water partition coefficient (Wildman–Crippen LogP) is 3.00. The van der Waals surface area contributed by atoms with Gasteiger partial charge in [0.15, 0.2) is 0 Å². The third-order valence-electron chi connectivity index (χ3n) is 3.62. The molecule has 0 amide bonds. The number of hydrogen-bond acceptors (Lipinski definition) is 2. The van der Waals surface area contributed by atoms with Gasteiger partial charge in [-0.1, -0.05) is 30.7 Å². The van der Waals surface area contributed by atoms with Gasteiger partial charge < -0.3 is 10.1 Å². The number of rotatable bonds is 4. The molecule has 0 saturated carbocycles. The first kappa shape index (κ1) is 12.9. The Bertz CT molecular complexity index is 344. The van der Waals surface area contributed by atoms with E-state index in [0.717, 1.165) is 44.2 Å². The lowest BCUT2D eigenvalue weighted by molar-refractivity contribution is 0.0501. The third kappa shape index (κ3) is 3.01. The maximum Gasteiger partial charge on any atom is 0.0475 e. The normalized spacial score (nSPS) is 19.2. The smallest absolute Gasteiger partial charge is 0.0475 e. The second kappa shape index (κ2) is 5.85.